The quantitative estimate of drug-likeness (QED) is 0.665. The first-order chi connectivity index (χ1) is 12.9. The Morgan fingerprint density at radius 3 is 2.44 bits per heavy atom. The Bertz CT molecular complexity index is 771. The van der Waals surface area contributed by atoms with Gasteiger partial charge < -0.3 is 19.9 Å². The van der Waals surface area contributed by atoms with Gasteiger partial charge in [-0.05, 0) is 43.5 Å². The normalized spacial score (nSPS) is 13.9. The molecule has 2 N–H and O–H groups in total. The maximum Gasteiger partial charge on any atom is 0.251 e. The van der Waals surface area contributed by atoms with Gasteiger partial charge in [0.25, 0.3) is 5.91 Å². The summed E-state index contributed by atoms with van der Waals surface area (Å²) in [6.45, 7) is 5.42. The maximum absolute atomic E-state index is 12.8. The van der Waals surface area contributed by atoms with Crippen LogP contribution in [0.4, 0.5) is 0 Å². The predicted molar refractivity (Wildman–Crippen MR) is 106 cm³/mol. The number of methoxy groups -OCH3 is 2. The minimum absolute atomic E-state index is 0.291. The highest BCUT2D eigenvalue weighted by molar-refractivity contribution is 5.95. The van der Waals surface area contributed by atoms with Crippen LogP contribution in [0.1, 0.15) is 29.3 Å². The first-order valence-electron chi connectivity index (χ1n) is 8.81. The standard InChI is InChI=1S/C22H27NO4/c1-5-13-22(2,25)20(14-16-9-7-6-8-10-16)23-21(24)17-11-12-18(26-3)19(15-17)27-4/h5-12,15,20,25H,1,13-14H2,2-4H3,(H,23,24)/t20-,22-/m1/s1. The zero-order valence-corrected chi connectivity index (χ0v) is 16.1. The van der Waals surface area contributed by atoms with Crippen molar-refractivity contribution in [3.8, 4) is 11.5 Å². The van der Waals surface area contributed by atoms with Crippen LogP contribution in [-0.4, -0.2) is 36.9 Å². The molecular weight excluding hydrogens is 342 g/mol. The Kier molecular flexibility index (Phi) is 7.02. The van der Waals surface area contributed by atoms with E-state index in [9.17, 15) is 9.90 Å². The van der Waals surface area contributed by atoms with Gasteiger partial charge in [0.15, 0.2) is 11.5 Å². The van der Waals surface area contributed by atoms with Crippen molar-refractivity contribution in [2.24, 2.45) is 0 Å². The number of aliphatic hydroxyl groups is 1. The van der Waals surface area contributed by atoms with Crippen LogP contribution in [0.3, 0.4) is 0 Å². The molecule has 0 fully saturated rings. The van der Waals surface area contributed by atoms with Crippen molar-refractivity contribution in [2.75, 3.05) is 14.2 Å². The summed E-state index contributed by atoms with van der Waals surface area (Å²) in [5.74, 6) is 0.734. The molecular formula is C22H27NO4. The zero-order chi connectivity index (χ0) is 19.9. The van der Waals surface area contributed by atoms with E-state index < -0.39 is 11.6 Å². The van der Waals surface area contributed by atoms with Gasteiger partial charge in [-0.1, -0.05) is 36.4 Å². The summed E-state index contributed by atoms with van der Waals surface area (Å²) in [5.41, 5.74) is 0.323. The van der Waals surface area contributed by atoms with E-state index in [1.54, 1.807) is 38.3 Å². The van der Waals surface area contributed by atoms with Gasteiger partial charge in [-0.3, -0.25) is 4.79 Å². The lowest BCUT2D eigenvalue weighted by Crippen LogP contribution is -2.52. The van der Waals surface area contributed by atoms with Crippen LogP contribution in [0.15, 0.2) is 61.2 Å². The van der Waals surface area contributed by atoms with E-state index in [1.807, 2.05) is 30.3 Å². The second-order valence-corrected chi connectivity index (χ2v) is 6.64. The molecule has 0 aromatic heterocycles. The van der Waals surface area contributed by atoms with Crippen LogP contribution in [0.2, 0.25) is 0 Å². The minimum atomic E-state index is -1.14. The molecule has 0 aliphatic rings. The predicted octanol–water partition coefficient (Wildman–Crippen LogP) is 3.37. The maximum atomic E-state index is 12.8. The molecule has 0 aliphatic carbocycles. The third-order valence-corrected chi connectivity index (χ3v) is 4.54. The zero-order valence-electron chi connectivity index (χ0n) is 16.1. The van der Waals surface area contributed by atoms with E-state index in [1.165, 1.54) is 7.11 Å². The van der Waals surface area contributed by atoms with Gasteiger partial charge in [-0.2, -0.15) is 0 Å². The summed E-state index contributed by atoms with van der Waals surface area (Å²) >= 11 is 0. The topological polar surface area (TPSA) is 67.8 Å². The lowest BCUT2D eigenvalue weighted by atomic mass is 9.87. The molecule has 2 rings (SSSR count). The highest BCUT2D eigenvalue weighted by atomic mass is 16.5. The lowest BCUT2D eigenvalue weighted by Gasteiger charge is -2.33. The molecule has 0 spiro atoms. The van der Waals surface area contributed by atoms with Crippen molar-refractivity contribution in [3.63, 3.8) is 0 Å². The summed E-state index contributed by atoms with van der Waals surface area (Å²) < 4.78 is 10.5. The molecule has 1 amide bonds. The van der Waals surface area contributed by atoms with Crippen molar-refractivity contribution in [2.45, 2.75) is 31.4 Å². The SMILES string of the molecule is C=CC[C@@](C)(O)[C@@H](Cc1ccccc1)NC(=O)c1ccc(OC)c(OC)c1. The number of rotatable bonds is 9. The van der Waals surface area contributed by atoms with Crippen LogP contribution in [0, 0.1) is 0 Å². The van der Waals surface area contributed by atoms with Gasteiger partial charge >= 0.3 is 0 Å². The van der Waals surface area contributed by atoms with Crippen molar-refractivity contribution in [1.29, 1.82) is 0 Å². The second kappa shape index (κ2) is 9.24. The number of nitrogens with one attached hydrogen (secondary N) is 1. The Balaban J connectivity index is 2.26. The summed E-state index contributed by atoms with van der Waals surface area (Å²) in [4.78, 5) is 12.8. The van der Waals surface area contributed by atoms with E-state index in [0.717, 1.165) is 5.56 Å². The van der Waals surface area contributed by atoms with Crippen molar-refractivity contribution in [3.05, 3.63) is 72.3 Å². The molecule has 2 aromatic rings. The van der Waals surface area contributed by atoms with Gasteiger partial charge in [0.2, 0.25) is 0 Å². The smallest absolute Gasteiger partial charge is 0.251 e. The number of benzene rings is 2. The van der Waals surface area contributed by atoms with Crippen LogP contribution in [0.5, 0.6) is 11.5 Å². The monoisotopic (exact) mass is 369 g/mol. The Hall–Kier alpha value is -2.79. The molecule has 2 aromatic carbocycles. The Morgan fingerprint density at radius 1 is 1.19 bits per heavy atom. The molecule has 0 saturated carbocycles. The molecule has 0 heterocycles. The first-order valence-corrected chi connectivity index (χ1v) is 8.81. The van der Waals surface area contributed by atoms with Crippen LogP contribution in [-0.2, 0) is 6.42 Å². The van der Waals surface area contributed by atoms with Gasteiger partial charge in [0, 0.05) is 5.56 Å². The average Bonchev–Trinajstić information content (AvgIpc) is 2.67. The van der Waals surface area contributed by atoms with Crippen molar-refractivity contribution in [1.82, 2.24) is 5.32 Å². The van der Waals surface area contributed by atoms with E-state index in [0.29, 0.717) is 29.9 Å². The fourth-order valence-corrected chi connectivity index (χ4v) is 2.93. The van der Waals surface area contributed by atoms with Gasteiger partial charge in [-0.15, -0.1) is 6.58 Å². The summed E-state index contributed by atoms with van der Waals surface area (Å²) in [6.07, 6.45) is 2.51. The van der Waals surface area contributed by atoms with E-state index >= 15 is 0 Å². The molecule has 2 atom stereocenters. The highest BCUT2D eigenvalue weighted by Gasteiger charge is 2.32. The molecule has 27 heavy (non-hydrogen) atoms. The summed E-state index contributed by atoms with van der Waals surface area (Å²) in [7, 11) is 3.06. The fraction of sp³-hybridized carbons (Fsp3) is 0.318. The number of amides is 1. The number of hydrogen-bond acceptors (Lipinski definition) is 4. The minimum Gasteiger partial charge on any atom is -0.493 e. The molecule has 5 heteroatoms. The average molecular weight is 369 g/mol. The molecule has 144 valence electrons. The Labute approximate surface area is 160 Å². The van der Waals surface area contributed by atoms with Crippen LogP contribution in [0.25, 0.3) is 0 Å². The van der Waals surface area contributed by atoms with E-state index in [-0.39, 0.29) is 5.91 Å². The molecule has 5 nitrogen and oxygen atoms in total. The lowest BCUT2D eigenvalue weighted by molar-refractivity contribution is 0.0212. The van der Waals surface area contributed by atoms with Gasteiger partial charge in [-0.25, -0.2) is 0 Å². The largest absolute Gasteiger partial charge is 0.493 e. The summed E-state index contributed by atoms with van der Waals surface area (Å²) in [6, 6.07) is 14.2. The third-order valence-electron chi connectivity index (χ3n) is 4.54. The Morgan fingerprint density at radius 2 is 1.85 bits per heavy atom. The van der Waals surface area contributed by atoms with Gasteiger partial charge in [0.1, 0.15) is 0 Å². The third kappa shape index (κ3) is 5.34. The number of ether oxygens (including phenoxy) is 2. The number of hydrogen-bond donors (Lipinski definition) is 2. The molecule has 0 radical (unpaired) electrons. The van der Waals surface area contributed by atoms with E-state index in [2.05, 4.69) is 11.9 Å². The van der Waals surface area contributed by atoms with Crippen molar-refractivity contribution < 1.29 is 19.4 Å². The molecule has 0 unspecified atom stereocenters. The van der Waals surface area contributed by atoms with Gasteiger partial charge in [0.05, 0.1) is 25.9 Å². The van der Waals surface area contributed by atoms with Crippen molar-refractivity contribution >= 4 is 5.91 Å². The summed E-state index contributed by atoms with van der Waals surface area (Å²) in [5, 5.41) is 13.8. The molecule has 0 aliphatic heterocycles. The van der Waals surface area contributed by atoms with E-state index in [4.69, 9.17) is 9.47 Å². The molecule has 0 bridgehead atoms. The number of carbonyl (C=O) groups excluding carboxylic acids is 1. The highest BCUT2D eigenvalue weighted by Crippen LogP contribution is 2.28. The number of carbonyl (C=O) groups is 1. The molecule has 0 saturated heterocycles. The van der Waals surface area contributed by atoms with Crippen LogP contribution >= 0.6 is 0 Å². The van der Waals surface area contributed by atoms with Crippen LogP contribution < -0.4 is 14.8 Å². The second-order valence-electron chi connectivity index (χ2n) is 6.64. The fourth-order valence-electron chi connectivity index (χ4n) is 2.93. The first kappa shape index (κ1) is 20.5.